The normalized spacial score (nSPS) is 10.1. The predicted molar refractivity (Wildman–Crippen MR) is 94.8 cm³/mol. The number of ether oxygens (including phenoxy) is 1. The van der Waals surface area contributed by atoms with Gasteiger partial charge in [-0.2, -0.15) is 0 Å². The molecule has 126 valence electrons. The van der Waals surface area contributed by atoms with Gasteiger partial charge in [0.25, 0.3) is 11.8 Å². The number of anilines is 1. The summed E-state index contributed by atoms with van der Waals surface area (Å²) < 4.78 is 5.41. The van der Waals surface area contributed by atoms with Gasteiger partial charge in [0.1, 0.15) is 5.75 Å². The highest BCUT2D eigenvalue weighted by atomic mass is 16.5. The van der Waals surface area contributed by atoms with E-state index in [0.717, 1.165) is 5.56 Å². The van der Waals surface area contributed by atoms with E-state index in [9.17, 15) is 9.59 Å². The van der Waals surface area contributed by atoms with Crippen molar-refractivity contribution in [2.75, 3.05) is 18.5 Å². The van der Waals surface area contributed by atoms with Gasteiger partial charge in [0.15, 0.2) is 0 Å². The SMILES string of the molecule is CCNC(=O)c1ccc(NC(=O)c2cccc(OCC)c2)c(C)c1. The number of aryl methyl sites for hydroxylation is 1. The van der Waals surface area contributed by atoms with E-state index >= 15 is 0 Å². The number of hydrogen-bond acceptors (Lipinski definition) is 3. The smallest absolute Gasteiger partial charge is 0.255 e. The van der Waals surface area contributed by atoms with Crippen LogP contribution in [0.4, 0.5) is 5.69 Å². The van der Waals surface area contributed by atoms with Gasteiger partial charge in [0, 0.05) is 23.4 Å². The predicted octanol–water partition coefficient (Wildman–Crippen LogP) is 3.40. The van der Waals surface area contributed by atoms with Crippen LogP contribution in [0.15, 0.2) is 42.5 Å². The molecule has 0 aliphatic heterocycles. The van der Waals surface area contributed by atoms with Gasteiger partial charge in [-0.1, -0.05) is 6.07 Å². The summed E-state index contributed by atoms with van der Waals surface area (Å²) in [6, 6.07) is 12.2. The topological polar surface area (TPSA) is 67.4 Å². The van der Waals surface area contributed by atoms with Crippen LogP contribution >= 0.6 is 0 Å². The van der Waals surface area contributed by atoms with Crippen LogP contribution in [0.1, 0.15) is 40.1 Å². The molecule has 0 saturated heterocycles. The maximum absolute atomic E-state index is 12.4. The zero-order valence-electron chi connectivity index (χ0n) is 14.2. The molecule has 0 aliphatic carbocycles. The molecule has 2 aromatic rings. The second-order valence-corrected chi connectivity index (χ2v) is 5.30. The molecule has 0 fully saturated rings. The maximum atomic E-state index is 12.4. The molecule has 5 heteroatoms. The van der Waals surface area contributed by atoms with E-state index < -0.39 is 0 Å². The van der Waals surface area contributed by atoms with Crippen LogP contribution in [0.5, 0.6) is 5.75 Å². The van der Waals surface area contributed by atoms with Gasteiger partial charge < -0.3 is 15.4 Å². The molecular formula is C19H22N2O3. The molecule has 0 aliphatic rings. The van der Waals surface area contributed by atoms with Gasteiger partial charge in [-0.05, 0) is 62.7 Å². The maximum Gasteiger partial charge on any atom is 0.255 e. The molecule has 2 rings (SSSR count). The van der Waals surface area contributed by atoms with Gasteiger partial charge >= 0.3 is 0 Å². The van der Waals surface area contributed by atoms with Crippen molar-refractivity contribution in [3.63, 3.8) is 0 Å². The second kappa shape index (κ2) is 8.15. The Hall–Kier alpha value is -2.82. The Morgan fingerprint density at radius 1 is 1.00 bits per heavy atom. The average molecular weight is 326 g/mol. The first kappa shape index (κ1) is 17.5. The molecule has 24 heavy (non-hydrogen) atoms. The zero-order valence-corrected chi connectivity index (χ0v) is 14.2. The standard InChI is InChI=1S/C19H22N2O3/c1-4-20-18(22)15-9-10-17(13(3)11-15)21-19(23)14-7-6-8-16(12-14)24-5-2/h6-12H,4-5H2,1-3H3,(H,20,22)(H,21,23). The number of carbonyl (C=O) groups is 2. The third-order valence-corrected chi connectivity index (χ3v) is 3.48. The fraction of sp³-hybridized carbons (Fsp3) is 0.263. The summed E-state index contributed by atoms with van der Waals surface area (Å²) in [6.45, 7) is 6.75. The molecule has 0 radical (unpaired) electrons. The highest BCUT2D eigenvalue weighted by Gasteiger charge is 2.11. The second-order valence-electron chi connectivity index (χ2n) is 5.30. The Kier molecular flexibility index (Phi) is 5.95. The van der Waals surface area contributed by atoms with E-state index in [-0.39, 0.29) is 11.8 Å². The lowest BCUT2D eigenvalue weighted by molar-refractivity contribution is 0.0955. The summed E-state index contributed by atoms with van der Waals surface area (Å²) >= 11 is 0. The van der Waals surface area contributed by atoms with E-state index in [4.69, 9.17) is 4.74 Å². The first-order valence-corrected chi connectivity index (χ1v) is 7.98. The van der Waals surface area contributed by atoms with Crippen LogP contribution in [-0.4, -0.2) is 25.0 Å². The van der Waals surface area contributed by atoms with Gasteiger partial charge in [-0.15, -0.1) is 0 Å². The van der Waals surface area contributed by atoms with Crippen LogP contribution in [0, 0.1) is 6.92 Å². The highest BCUT2D eigenvalue weighted by molar-refractivity contribution is 6.05. The summed E-state index contributed by atoms with van der Waals surface area (Å²) in [6.07, 6.45) is 0. The largest absolute Gasteiger partial charge is 0.494 e. The first-order valence-electron chi connectivity index (χ1n) is 7.98. The van der Waals surface area contributed by atoms with Gasteiger partial charge in [0.05, 0.1) is 6.61 Å². The van der Waals surface area contributed by atoms with Crippen LogP contribution in [0.3, 0.4) is 0 Å². The van der Waals surface area contributed by atoms with Crippen molar-refractivity contribution < 1.29 is 14.3 Å². The molecule has 0 bridgehead atoms. The monoisotopic (exact) mass is 326 g/mol. The molecule has 0 atom stereocenters. The fourth-order valence-electron chi connectivity index (χ4n) is 2.30. The van der Waals surface area contributed by atoms with Crippen LogP contribution in [-0.2, 0) is 0 Å². The molecule has 0 saturated carbocycles. The summed E-state index contributed by atoms with van der Waals surface area (Å²) in [7, 11) is 0. The lowest BCUT2D eigenvalue weighted by atomic mass is 10.1. The van der Waals surface area contributed by atoms with Gasteiger partial charge in [0.2, 0.25) is 0 Å². The molecule has 0 heterocycles. The zero-order chi connectivity index (χ0) is 17.5. The van der Waals surface area contributed by atoms with E-state index in [1.807, 2.05) is 26.8 Å². The third-order valence-electron chi connectivity index (χ3n) is 3.48. The number of amides is 2. The van der Waals surface area contributed by atoms with E-state index in [0.29, 0.717) is 35.7 Å². The van der Waals surface area contributed by atoms with E-state index in [2.05, 4.69) is 10.6 Å². The fourth-order valence-corrected chi connectivity index (χ4v) is 2.30. The van der Waals surface area contributed by atoms with E-state index in [1.54, 1.807) is 36.4 Å². The summed E-state index contributed by atoms with van der Waals surface area (Å²) in [5, 5.41) is 5.62. The quantitative estimate of drug-likeness (QED) is 0.855. The Labute approximate surface area is 142 Å². The lowest BCUT2D eigenvalue weighted by Crippen LogP contribution is -2.22. The Morgan fingerprint density at radius 2 is 1.75 bits per heavy atom. The average Bonchev–Trinajstić information content (AvgIpc) is 2.57. The van der Waals surface area contributed by atoms with Crippen molar-refractivity contribution >= 4 is 17.5 Å². The summed E-state index contributed by atoms with van der Waals surface area (Å²) in [5.41, 5.74) is 2.60. The first-order chi connectivity index (χ1) is 11.5. The molecule has 0 aromatic heterocycles. The molecule has 2 amide bonds. The molecule has 0 spiro atoms. The minimum Gasteiger partial charge on any atom is -0.494 e. The Bertz CT molecular complexity index is 741. The molecule has 5 nitrogen and oxygen atoms in total. The van der Waals surface area contributed by atoms with Crippen molar-refractivity contribution in [2.45, 2.75) is 20.8 Å². The van der Waals surface area contributed by atoms with Crippen molar-refractivity contribution in [3.05, 3.63) is 59.2 Å². The minimum absolute atomic E-state index is 0.122. The van der Waals surface area contributed by atoms with Crippen molar-refractivity contribution in [1.82, 2.24) is 5.32 Å². The number of nitrogens with one attached hydrogen (secondary N) is 2. The van der Waals surface area contributed by atoms with Crippen molar-refractivity contribution in [3.8, 4) is 5.75 Å². The van der Waals surface area contributed by atoms with Crippen molar-refractivity contribution in [2.24, 2.45) is 0 Å². The van der Waals surface area contributed by atoms with Crippen LogP contribution in [0.25, 0.3) is 0 Å². The van der Waals surface area contributed by atoms with Crippen LogP contribution < -0.4 is 15.4 Å². The number of carbonyl (C=O) groups excluding carboxylic acids is 2. The highest BCUT2D eigenvalue weighted by Crippen LogP contribution is 2.19. The van der Waals surface area contributed by atoms with E-state index in [1.165, 1.54) is 0 Å². The van der Waals surface area contributed by atoms with Gasteiger partial charge in [-0.3, -0.25) is 9.59 Å². The molecule has 0 unspecified atom stereocenters. The Balaban J connectivity index is 2.14. The Morgan fingerprint density at radius 3 is 2.42 bits per heavy atom. The van der Waals surface area contributed by atoms with Crippen molar-refractivity contribution in [1.29, 1.82) is 0 Å². The lowest BCUT2D eigenvalue weighted by Gasteiger charge is -2.11. The molecular weight excluding hydrogens is 304 g/mol. The summed E-state index contributed by atoms with van der Waals surface area (Å²) in [5.74, 6) is 0.321. The van der Waals surface area contributed by atoms with Gasteiger partial charge in [-0.25, -0.2) is 0 Å². The molecule has 2 N–H and O–H groups in total. The summed E-state index contributed by atoms with van der Waals surface area (Å²) in [4.78, 5) is 24.2. The molecule has 2 aromatic carbocycles. The third kappa shape index (κ3) is 4.35. The minimum atomic E-state index is -0.217. The number of hydrogen-bond donors (Lipinski definition) is 2. The number of benzene rings is 2. The number of rotatable bonds is 6. The van der Waals surface area contributed by atoms with Crippen LogP contribution in [0.2, 0.25) is 0 Å².